The predicted molar refractivity (Wildman–Crippen MR) is 257 cm³/mol. The summed E-state index contributed by atoms with van der Waals surface area (Å²) in [4.78, 5) is 6.89. The Hall–Kier alpha value is -5.65. The average Bonchev–Trinajstić information content (AvgIpc) is 3.89. The molecule has 9 rings (SSSR count). The molecule has 0 unspecified atom stereocenters. The Labute approximate surface area is 378 Å². The summed E-state index contributed by atoms with van der Waals surface area (Å²) < 4.78 is 0. The van der Waals surface area contributed by atoms with Crippen molar-refractivity contribution < 1.29 is 22.4 Å². The van der Waals surface area contributed by atoms with Gasteiger partial charge in [0.15, 0.2) is 0 Å². The summed E-state index contributed by atoms with van der Waals surface area (Å²) in [5.41, 5.74) is 15.7. The number of hydrogen-bond acceptors (Lipinski definition) is 3. The second kappa shape index (κ2) is 19.0. The van der Waals surface area contributed by atoms with Gasteiger partial charge in [-0.1, -0.05) is 201 Å². The van der Waals surface area contributed by atoms with Gasteiger partial charge in [-0.15, -0.1) is 17.7 Å². The molecule has 0 saturated heterocycles. The van der Waals surface area contributed by atoms with E-state index >= 15 is 0 Å². The zero-order valence-corrected chi connectivity index (χ0v) is 38.7. The maximum atomic E-state index is 5.56. The van der Waals surface area contributed by atoms with Crippen LogP contribution in [0.25, 0.3) is 44.1 Å². The SMILES string of the molecule is CC(C)c1cccc(C(C)C)c1N1[CH-]N(c2c(C(C)C)cccc2C(C)C)C(c2cc(-c3ccccc3)cc(-c3ccccc3)c2)=N1.[Au].c1ccc2c(c1)[n-]c1ccccc12. The van der Waals surface area contributed by atoms with Crippen molar-refractivity contribution in [3.8, 4) is 22.3 Å². The van der Waals surface area contributed by atoms with Crippen LogP contribution in [0.2, 0.25) is 0 Å². The number of hydrazone groups is 1. The van der Waals surface area contributed by atoms with Crippen LogP contribution in [0.3, 0.4) is 0 Å². The van der Waals surface area contributed by atoms with Crippen LogP contribution < -0.4 is 14.9 Å². The Balaban J connectivity index is 0.000000337. The Morgan fingerprint density at radius 2 is 0.787 bits per heavy atom. The summed E-state index contributed by atoms with van der Waals surface area (Å²) in [5, 5.41) is 10.2. The molecule has 0 atom stereocenters. The van der Waals surface area contributed by atoms with E-state index in [4.69, 9.17) is 5.10 Å². The molecule has 1 radical (unpaired) electrons. The molecule has 0 spiro atoms. The van der Waals surface area contributed by atoms with E-state index in [2.05, 4.69) is 229 Å². The van der Waals surface area contributed by atoms with E-state index < -0.39 is 0 Å². The van der Waals surface area contributed by atoms with Crippen LogP contribution in [-0.4, -0.2) is 5.84 Å². The molecule has 5 heteroatoms. The summed E-state index contributed by atoms with van der Waals surface area (Å²) in [6.07, 6.45) is 0. The fourth-order valence-corrected chi connectivity index (χ4v) is 8.45. The van der Waals surface area contributed by atoms with Crippen LogP contribution in [-0.2, 0) is 22.4 Å². The fraction of sp³-hybridized carbons (Fsp3) is 0.214. The summed E-state index contributed by atoms with van der Waals surface area (Å²) in [6.45, 7) is 20.5. The molecule has 1 aromatic heterocycles. The van der Waals surface area contributed by atoms with Crippen LogP contribution >= 0.6 is 0 Å². The van der Waals surface area contributed by atoms with E-state index in [0.29, 0.717) is 23.7 Å². The van der Waals surface area contributed by atoms with Crippen LogP contribution in [0.15, 0.2) is 169 Å². The quantitative estimate of drug-likeness (QED) is 0.107. The Bertz CT molecular complexity index is 2600. The van der Waals surface area contributed by atoms with Crippen molar-refractivity contribution in [1.82, 2.24) is 4.98 Å². The maximum absolute atomic E-state index is 5.56. The first-order chi connectivity index (χ1) is 29.1. The van der Waals surface area contributed by atoms with Crippen LogP contribution in [0.1, 0.15) is 107 Å². The molecule has 0 saturated carbocycles. The third kappa shape index (κ3) is 9.04. The molecule has 4 nitrogen and oxygen atoms in total. The monoisotopic (exact) mass is 981 g/mol. The Morgan fingerprint density at radius 1 is 0.410 bits per heavy atom. The topological polar surface area (TPSA) is 32.9 Å². The van der Waals surface area contributed by atoms with Gasteiger partial charge in [0.05, 0.1) is 0 Å². The molecule has 0 amide bonds. The Morgan fingerprint density at radius 3 is 1.21 bits per heavy atom. The molecule has 0 N–H and O–H groups in total. The summed E-state index contributed by atoms with van der Waals surface area (Å²) in [7, 11) is 0. The van der Waals surface area contributed by atoms with Crippen molar-refractivity contribution in [3.05, 3.63) is 198 Å². The molecule has 61 heavy (non-hydrogen) atoms. The minimum atomic E-state index is 0. The van der Waals surface area contributed by atoms with Gasteiger partial charge >= 0.3 is 0 Å². The van der Waals surface area contributed by atoms with E-state index in [1.54, 1.807) is 0 Å². The first-order valence-corrected chi connectivity index (χ1v) is 21.5. The molecular weight excluding hydrogens is 926 g/mol. The first kappa shape index (κ1) is 43.4. The second-order valence-electron chi connectivity index (χ2n) is 17.1. The van der Waals surface area contributed by atoms with E-state index in [1.165, 1.54) is 66.7 Å². The number of hydrogen-bond donors (Lipinski definition) is 0. The van der Waals surface area contributed by atoms with Crippen LogP contribution in [0.5, 0.6) is 0 Å². The van der Waals surface area contributed by atoms with Gasteiger partial charge in [0.2, 0.25) is 0 Å². The molecule has 0 bridgehead atoms. The van der Waals surface area contributed by atoms with Gasteiger partial charge in [-0.05, 0) is 97.2 Å². The van der Waals surface area contributed by atoms with Gasteiger partial charge < -0.3 is 14.9 Å². The van der Waals surface area contributed by atoms with Gasteiger partial charge in [-0.3, -0.25) is 0 Å². The van der Waals surface area contributed by atoms with Gasteiger partial charge in [0.1, 0.15) is 5.84 Å². The van der Waals surface area contributed by atoms with Crippen molar-refractivity contribution in [3.63, 3.8) is 0 Å². The third-order valence-corrected chi connectivity index (χ3v) is 11.6. The van der Waals surface area contributed by atoms with Gasteiger partial charge in [-0.2, -0.15) is 5.10 Å². The molecule has 1 aliphatic rings. The van der Waals surface area contributed by atoms with E-state index in [0.717, 1.165) is 22.4 Å². The van der Waals surface area contributed by atoms with Crippen molar-refractivity contribution in [2.24, 2.45) is 5.10 Å². The maximum Gasteiger partial charge on any atom is 0.129 e. The minimum Gasteiger partial charge on any atom is -0.657 e. The number of nitrogens with zero attached hydrogens (tertiary/aromatic N) is 4. The minimum absolute atomic E-state index is 0. The number of benzene rings is 7. The fourth-order valence-electron chi connectivity index (χ4n) is 8.45. The molecule has 1 aliphatic heterocycles. The molecule has 8 aromatic rings. The number of fused-ring (bicyclic) bond motifs is 3. The van der Waals surface area contributed by atoms with E-state index in [1.807, 2.05) is 12.1 Å². The molecule has 0 fully saturated rings. The molecule has 2 heterocycles. The molecule has 0 aliphatic carbocycles. The number of rotatable bonds is 9. The number of aromatic nitrogens is 1. The average molecular weight is 982 g/mol. The number of para-hydroxylation sites is 4. The second-order valence-corrected chi connectivity index (χ2v) is 17.1. The third-order valence-electron chi connectivity index (χ3n) is 11.6. The van der Waals surface area contributed by atoms with Gasteiger partial charge in [0.25, 0.3) is 0 Å². The first-order valence-electron chi connectivity index (χ1n) is 21.5. The van der Waals surface area contributed by atoms with E-state index in [-0.39, 0.29) is 22.4 Å². The van der Waals surface area contributed by atoms with Crippen LogP contribution in [0.4, 0.5) is 11.4 Å². The zero-order valence-electron chi connectivity index (χ0n) is 36.6. The van der Waals surface area contributed by atoms with Crippen molar-refractivity contribution >= 4 is 39.0 Å². The number of amidine groups is 1. The van der Waals surface area contributed by atoms with Crippen molar-refractivity contribution in [1.29, 1.82) is 0 Å². The van der Waals surface area contributed by atoms with Gasteiger partial charge in [-0.25, -0.2) is 0 Å². The summed E-state index contributed by atoms with van der Waals surface area (Å²) in [6, 6.07) is 58.3. The Kier molecular flexibility index (Phi) is 13.5. The van der Waals surface area contributed by atoms with E-state index in [9.17, 15) is 0 Å². The number of anilines is 2. The van der Waals surface area contributed by atoms with Crippen molar-refractivity contribution in [2.45, 2.75) is 79.1 Å². The standard InChI is InChI=1S/C44H48N3.C12H8N.Au/c1-29(2)38-21-15-22-39(30(3)4)42(38)46-28-47(43-40(31(5)6)23-16-24-41(43)32(7)8)45-44(46)37-26-35(33-17-11-9-12-18-33)25-36(27-37)34-19-13-10-14-20-34;1-3-7-11-9(5-1)10-6-2-4-8-12(10)13-11;/h9-32H,1-8H3;1-8H;/q2*-1;. The van der Waals surface area contributed by atoms with Crippen molar-refractivity contribution in [2.75, 3.05) is 9.91 Å². The van der Waals surface area contributed by atoms with Crippen LogP contribution in [0, 0.1) is 6.67 Å². The summed E-state index contributed by atoms with van der Waals surface area (Å²) >= 11 is 0. The molecular formula is C56H56AuN4-2. The zero-order chi connectivity index (χ0) is 41.9. The predicted octanol–water partition coefficient (Wildman–Crippen LogP) is 15.3. The normalized spacial score (nSPS) is 12.7. The largest absolute Gasteiger partial charge is 0.657 e. The molecule has 313 valence electrons. The smallest absolute Gasteiger partial charge is 0.129 e. The van der Waals surface area contributed by atoms with Gasteiger partial charge in [0, 0.05) is 39.3 Å². The summed E-state index contributed by atoms with van der Waals surface area (Å²) in [5.74, 6) is 2.33. The molecule has 7 aromatic carbocycles.